The van der Waals surface area contributed by atoms with Gasteiger partial charge in [-0.25, -0.2) is 9.18 Å². The molecule has 0 saturated carbocycles. The Labute approximate surface area is 167 Å². The van der Waals surface area contributed by atoms with Crippen LogP contribution in [0.5, 0.6) is 5.75 Å². The van der Waals surface area contributed by atoms with Gasteiger partial charge in [-0.2, -0.15) is 0 Å². The van der Waals surface area contributed by atoms with E-state index in [0.717, 1.165) is 11.6 Å². The average Bonchev–Trinajstić information content (AvgIpc) is 2.71. The number of urea groups is 1. The first kappa shape index (κ1) is 19.9. The van der Waals surface area contributed by atoms with Crippen molar-refractivity contribution >= 4 is 29.0 Å². The number of carbonyl (C=O) groups is 2. The molecule has 0 aromatic heterocycles. The van der Waals surface area contributed by atoms with Gasteiger partial charge < -0.3 is 20.7 Å². The lowest BCUT2D eigenvalue weighted by atomic mass is 10.1. The molecule has 7 heteroatoms. The maximum Gasteiger partial charge on any atom is 0.323 e. The number of hydrogen-bond acceptors (Lipinski definition) is 3. The summed E-state index contributed by atoms with van der Waals surface area (Å²) in [6, 6.07) is 17.7. The van der Waals surface area contributed by atoms with E-state index in [0.29, 0.717) is 17.1 Å². The SMILES string of the molecule is COc1ccc(C(=O)Nc2cc(NC(=O)Nc3ccccc3)ccc2C)cc1F. The van der Waals surface area contributed by atoms with Crippen molar-refractivity contribution in [1.29, 1.82) is 0 Å². The van der Waals surface area contributed by atoms with Crippen LogP contribution in [0.4, 0.5) is 26.2 Å². The third kappa shape index (κ3) is 5.10. The second kappa shape index (κ2) is 8.88. The molecule has 0 unspecified atom stereocenters. The van der Waals surface area contributed by atoms with Crippen molar-refractivity contribution in [3.63, 3.8) is 0 Å². The molecule has 3 aromatic rings. The smallest absolute Gasteiger partial charge is 0.323 e. The number of para-hydroxylation sites is 1. The Balaban J connectivity index is 1.71. The Hall–Kier alpha value is -3.87. The highest BCUT2D eigenvalue weighted by Crippen LogP contribution is 2.23. The molecular weight excluding hydrogens is 373 g/mol. The Morgan fingerprint density at radius 1 is 0.862 bits per heavy atom. The summed E-state index contributed by atoms with van der Waals surface area (Å²) in [6.07, 6.45) is 0. The van der Waals surface area contributed by atoms with Gasteiger partial charge in [0.25, 0.3) is 5.91 Å². The third-order valence-corrected chi connectivity index (χ3v) is 4.19. The van der Waals surface area contributed by atoms with Gasteiger partial charge in [-0.3, -0.25) is 4.79 Å². The fourth-order valence-electron chi connectivity index (χ4n) is 2.65. The number of benzene rings is 3. The van der Waals surface area contributed by atoms with Crippen molar-refractivity contribution in [1.82, 2.24) is 0 Å². The van der Waals surface area contributed by atoms with Crippen molar-refractivity contribution in [3.05, 3.63) is 83.7 Å². The highest BCUT2D eigenvalue weighted by molar-refractivity contribution is 6.05. The number of rotatable bonds is 5. The van der Waals surface area contributed by atoms with Crippen LogP contribution in [0.3, 0.4) is 0 Å². The number of amides is 3. The maximum atomic E-state index is 13.9. The van der Waals surface area contributed by atoms with Crippen LogP contribution in [0.1, 0.15) is 15.9 Å². The first-order valence-corrected chi connectivity index (χ1v) is 8.85. The number of anilines is 3. The van der Waals surface area contributed by atoms with E-state index >= 15 is 0 Å². The molecule has 29 heavy (non-hydrogen) atoms. The Morgan fingerprint density at radius 2 is 1.59 bits per heavy atom. The van der Waals surface area contributed by atoms with Crippen molar-refractivity contribution in [3.8, 4) is 5.75 Å². The molecule has 0 heterocycles. The van der Waals surface area contributed by atoms with Gasteiger partial charge in [0, 0.05) is 22.6 Å². The fraction of sp³-hybridized carbons (Fsp3) is 0.0909. The van der Waals surface area contributed by atoms with E-state index in [9.17, 15) is 14.0 Å². The van der Waals surface area contributed by atoms with Crippen molar-refractivity contribution in [2.75, 3.05) is 23.1 Å². The van der Waals surface area contributed by atoms with Gasteiger partial charge in [0.1, 0.15) is 0 Å². The van der Waals surface area contributed by atoms with Gasteiger partial charge in [0.05, 0.1) is 7.11 Å². The Morgan fingerprint density at radius 3 is 2.28 bits per heavy atom. The lowest BCUT2D eigenvalue weighted by molar-refractivity contribution is 0.102. The second-order valence-corrected chi connectivity index (χ2v) is 6.28. The van der Waals surface area contributed by atoms with E-state index < -0.39 is 17.8 Å². The second-order valence-electron chi connectivity index (χ2n) is 6.28. The molecule has 3 amide bonds. The minimum Gasteiger partial charge on any atom is -0.494 e. The van der Waals surface area contributed by atoms with E-state index in [4.69, 9.17) is 4.74 Å². The maximum absolute atomic E-state index is 13.9. The molecule has 6 nitrogen and oxygen atoms in total. The number of hydrogen-bond donors (Lipinski definition) is 3. The lowest BCUT2D eigenvalue weighted by Crippen LogP contribution is -2.19. The molecule has 3 N–H and O–H groups in total. The van der Waals surface area contributed by atoms with E-state index in [1.54, 1.807) is 30.3 Å². The Bertz CT molecular complexity index is 1040. The quantitative estimate of drug-likeness (QED) is 0.568. The summed E-state index contributed by atoms with van der Waals surface area (Å²) in [6.45, 7) is 1.82. The summed E-state index contributed by atoms with van der Waals surface area (Å²) in [4.78, 5) is 24.6. The van der Waals surface area contributed by atoms with Crippen molar-refractivity contribution in [2.45, 2.75) is 6.92 Å². The van der Waals surface area contributed by atoms with Crippen LogP contribution in [0.25, 0.3) is 0 Å². The number of methoxy groups -OCH3 is 1. The zero-order valence-corrected chi connectivity index (χ0v) is 16.0. The zero-order chi connectivity index (χ0) is 20.8. The average molecular weight is 393 g/mol. The number of ether oxygens (including phenoxy) is 1. The van der Waals surface area contributed by atoms with E-state index in [1.807, 2.05) is 25.1 Å². The van der Waals surface area contributed by atoms with Crippen LogP contribution in [0, 0.1) is 12.7 Å². The Kier molecular flexibility index (Phi) is 6.09. The monoisotopic (exact) mass is 393 g/mol. The van der Waals surface area contributed by atoms with Crippen LogP contribution >= 0.6 is 0 Å². The summed E-state index contributed by atoms with van der Waals surface area (Å²) in [5.74, 6) is -1.03. The molecule has 148 valence electrons. The molecule has 0 saturated heterocycles. The first-order valence-electron chi connectivity index (χ1n) is 8.85. The van der Waals surface area contributed by atoms with Crippen molar-refractivity contribution in [2.24, 2.45) is 0 Å². The summed E-state index contributed by atoms with van der Waals surface area (Å²) >= 11 is 0. The molecule has 0 atom stereocenters. The van der Waals surface area contributed by atoms with Gasteiger partial charge in [0.2, 0.25) is 0 Å². The van der Waals surface area contributed by atoms with Crippen LogP contribution in [-0.2, 0) is 0 Å². The topological polar surface area (TPSA) is 79.5 Å². The van der Waals surface area contributed by atoms with Crippen LogP contribution in [0.15, 0.2) is 66.7 Å². The zero-order valence-electron chi connectivity index (χ0n) is 16.0. The predicted octanol–water partition coefficient (Wildman–Crippen LogP) is 5.04. The van der Waals surface area contributed by atoms with Crippen molar-refractivity contribution < 1.29 is 18.7 Å². The molecule has 0 spiro atoms. The summed E-state index contributed by atoms with van der Waals surface area (Å²) in [7, 11) is 1.36. The van der Waals surface area contributed by atoms with Gasteiger partial charge in [-0.05, 0) is 55.0 Å². The lowest BCUT2D eigenvalue weighted by Gasteiger charge is -2.13. The molecule has 0 bridgehead atoms. The predicted molar refractivity (Wildman–Crippen MR) is 111 cm³/mol. The molecule has 0 fully saturated rings. The summed E-state index contributed by atoms with van der Waals surface area (Å²) in [5, 5.41) is 8.17. The van der Waals surface area contributed by atoms with Crippen LogP contribution in [-0.4, -0.2) is 19.0 Å². The molecule has 0 aliphatic carbocycles. The molecular formula is C22H20FN3O3. The highest BCUT2D eigenvalue weighted by Gasteiger charge is 2.12. The molecule has 0 aliphatic heterocycles. The largest absolute Gasteiger partial charge is 0.494 e. The summed E-state index contributed by atoms with van der Waals surface area (Å²) < 4.78 is 18.7. The van der Waals surface area contributed by atoms with E-state index in [-0.39, 0.29) is 11.3 Å². The van der Waals surface area contributed by atoms with Gasteiger partial charge >= 0.3 is 6.03 Å². The fourth-order valence-corrected chi connectivity index (χ4v) is 2.65. The summed E-state index contributed by atoms with van der Waals surface area (Å²) in [5.41, 5.74) is 2.61. The number of carbonyl (C=O) groups excluding carboxylic acids is 2. The van der Waals surface area contributed by atoms with Crippen LogP contribution in [0.2, 0.25) is 0 Å². The van der Waals surface area contributed by atoms with Gasteiger partial charge in [-0.1, -0.05) is 24.3 Å². The molecule has 0 aliphatic rings. The molecule has 3 rings (SSSR count). The molecule has 0 radical (unpaired) electrons. The van der Waals surface area contributed by atoms with Gasteiger partial charge in [0.15, 0.2) is 11.6 Å². The van der Waals surface area contributed by atoms with Gasteiger partial charge in [-0.15, -0.1) is 0 Å². The standard InChI is InChI=1S/C22H20FN3O3/c1-14-8-10-17(25-22(28)24-16-6-4-3-5-7-16)13-19(14)26-21(27)15-9-11-20(29-2)18(23)12-15/h3-13H,1-2H3,(H,26,27)(H2,24,25,28). The third-order valence-electron chi connectivity index (χ3n) is 4.19. The number of nitrogens with one attached hydrogen (secondary N) is 3. The minimum atomic E-state index is -0.620. The first-order chi connectivity index (χ1) is 14.0. The highest BCUT2D eigenvalue weighted by atomic mass is 19.1. The van der Waals surface area contributed by atoms with E-state index in [2.05, 4.69) is 16.0 Å². The minimum absolute atomic E-state index is 0.0633. The number of aryl methyl sites for hydroxylation is 1. The molecule has 3 aromatic carbocycles. The van der Waals surface area contributed by atoms with Crippen LogP contribution < -0.4 is 20.7 Å². The van der Waals surface area contributed by atoms with E-state index in [1.165, 1.54) is 19.2 Å². The number of halogens is 1. The normalized spacial score (nSPS) is 10.2.